The average molecular weight is 268 g/mol. The molecule has 1 aliphatic carbocycles. The number of nitrogens with one attached hydrogen (secondary N) is 2. The van der Waals surface area contributed by atoms with Crippen LogP contribution in [-0.4, -0.2) is 17.9 Å². The molecule has 19 heavy (non-hydrogen) atoms. The van der Waals surface area contributed by atoms with Crippen LogP contribution in [0.25, 0.3) is 0 Å². The van der Waals surface area contributed by atoms with Gasteiger partial charge in [0.05, 0.1) is 5.69 Å². The standard InChI is InChI=1S/C13H14F2N2O2/c14-8-5-6-10(15)11(7-8)17-13(19)12(18)16-9-3-1-2-4-9/h5-7,9H,1-4H2,(H,16,18)(H,17,19). The Morgan fingerprint density at radius 3 is 2.47 bits per heavy atom. The number of amides is 2. The minimum atomic E-state index is -0.989. The second-order valence-corrected chi connectivity index (χ2v) is 4.53. The van der Waals surface area contributed by atoms with Gasteiger partial charge in [0.25, 0.3) is 0 Å². The van der Waals surface area contributed by atoms with Gasteiger partial charge in [0.2, 0.25) is 0 Å². The van der Waals surface area contributed by atoms with Crippen LogP contribution >= 0.6 is 0 Å². The van der Waals surface area contributed by atoms with E-state index in [9.17, 15) is 18.4 Å². The summed E-state index contributed by atoms with van der Waals surface area (Å²) in [5.74, 6) is -3.29. The van der Waals surface area contributed by atoms with Crippen LogP contribution in [0, 0.1) is 11.6 Å². The van der Waals surface area contributed by atoms with Gasteiger partial charge < -0.3 is 10.6 Å². The van der Waals surface area contributed by atoms with Gasteiger partial charge in [-0.05, 0) is 25.0 Å². The smallest absolute Gasteiger partial charge is 0.313 e. The molecule has 1 saturated carbocycles. The van der Waals surface area contributed by atoms with Crippen molar-refractivity contribution in [1.82, 2.24) is 5.32 Å². The molecule has 2 amide bonds. The summed E-state index contributed by atoms with van der Waals surface area (Å²) in [4.78, 5) is 23.1. The van der Waals surface area contributed by atoms with Crippen LogP contribution in [0.1, 0.15) is 25.7 Å². The monoisotopic (exact) mass is 268 g/mol. The minimum absolute atomic E-state index is 0.00407. The molecule has 2 N–H and O–H groups in total. The fraction of sp³-hybridized carbons (Fsp3) is 0.385. The van der Waals surface area contributed by atoms with Crippen LogP contribution in [0.5, 0.6) is 0 Å². The highest BCUT2D eigenvalue weighted by atomic mass is 19.1. The van der Waals surface area contributed by atoms with Crippen molar-refractivity contribution in [3.8, 4) is 0 Å². The van der Waals surface area contributed by atoms with Gasteiger partial charge in [-0.3, -0.25) is 9.59 Å². The largest absolute Gasteiger partial charge is 0.345 e. The highest BCUT2D eigenvalue weighted by Gasteiger charge is 2.22. The van der Waals surface area contributed by atoms with Crippen molar-refractivity contribution in [2.75, 3.05) is 5.32 Å². The van der Waals surface area contributed by atoms with Crippen LogP contribution in [-0.2, 0) is 9.59 Å². The maximum atomic E-state index is 13.3. The first kappa shape index (κ1) is 13.5. The lowest BCUT2D eigenvalue weighted by Crippen LogP contribution is -2.40. The van der Waals surface area contributed by atoms with E-state index in [2.05, 4.69) is 10.6 Å². The molecule has 1 aromatic rings. The van der Waals surface area contributed by atoms with Crippen molar-refractivity contribution in [2.45, 2.75) is 31.7 Å². The third kappa shape index (κ3) is 3.49. The maximum absolute atomic E-state index is 13.3. The number of anilines is 1. The maximum Gasteiger partial charge on any atom is 0.313 e. The van der Waals surface area contributed by atoms with E-state index in [4.69, 9.17) is 0 Å². The molecule has 6 heteroatoms. The predicted molar refractivity (Wildman–Crippen MR) is 65.4 cm³/mol. The van der Waals surface area contributed by atoms with Gasteiger partial charge in [0, 0.05) is 12.1 Å². The molecule has 0 aromatic heterocycles. The third-order valence-electron chi connectivity index (χ3n) is 3.07. The van der Waals surface area contributed by atoms with E-state index in [1.807, 2.05) is 0 Å². The molecular formula is C13H14F2N2O2. The number of hydrogen-bond donors (Lipinski definition) is 2. The van der Waals surface area contributed by atoms with E-state index in [1.54, 1.807) is 0 Å². The molecule has 102 valence electrons. The van der Waals surface area contributed by atoms with Crippen LogP contribution in [0.3, 0.4) is 0 Å². The van der Waals surface area contributed by atoms with Crippen molar-refractivity contribution >= 4 is 17.5 Å². The van der Waals surface area contributed by atoms with Crippen molar-refractivity contribution < 1.29 is 18.4 Å². The van der Waals surface area contributed by atoms with E-state index in [-0.39, 0.29) is 11.7 Å². The molecule has 2 rings (SSSR count). The first-order valence-electron chi connectivity index (χ1n) is 6.13. The van der Waals surface area contributed by atoms with Crippen LogP contribution in [0.2, 0.25) is 0 Å². The zero-order valence-electron chi connectivity index (χ0n) is 10.2. The van der Waals surface area contributed by atoms with Crippen LogP contribution < -0.4 is 10.6 Å². The van der Waals surface area contributed by atoms with Crippen molar-refractivity contribution in [1.29, 1.82) is 0 Å². The summed E-state index contributed by atoms with van der Waals surface area (Å²) in [5, 5.41) is 4.62. The summed E-state index contributed by atoms with van der Waals surface area (Å²) in [6, 6.07) is 2.65. The summed E-state index contributed by atoms with van der Waals surface area (Å²) < 4.78 is 26.2. The van der Waals surface area contributed by atoms with Crippen LogP contribution in [0.4, 0.5) is 14.5 Å². The molecule has 0 spiro atoms. The summed E-state index contributed by atoms with van der Waals surface area (Å²) in [6.45, 7) is 0. The minimum Gasteiger partial charge on any atom is -0.345 e. The van der Waals surface area contributed by atoms with E-state index in [0.717, 1.165) is 43.9 Å². The lowest BCUT2D eigenvalue weighted by atomic mass is 10.2. The Kier molecular flexibility index (Phi) is 4.09. The Morgan fingerprint density at radius 2 is 1.79 bits per heavy atom. The molecule has 4 nitrogen and oxygen atoms in total. The molecule has 0 heterocycles. The number of benzene rings is 1. The van der Waals surface area contributed by atoms with E-state index >= 15 is 0 Å². The first-order valence-corrected chi connectivity index (χ1v) is 6.13. The SMILES string of the molecule is O=C(Nc1cc(F)ccc1F)C(=O)NC1CCCC1. The van der Waals surface area contributed by atoms with Gasteiger partial charge in [0.1, 0.15) is 11.6 Å². The Balaban J connectivity index is 1.96. The quantitative estimate of drug-likeness (QED) is 0.806. The van der Waals surface area contributed by atoms with Gasteiger partial charge in [-0.25, -0.2) is 8.78 Å². The molecule has 0 unspecified atom stereocenters. The van der Waals surface area contributed by atoms with Gasteiger partial charge in [-0.15, -0.1) is 0 Å². The number of hydrogen-bond acceptors (Lipinski definition) is 2. The zero-order valence-corrected chi connectivity index (χ0v) is 10.2. The van der Waals surface area contributed by atoms with Crippen LogP contribution in [0.15, 0.2) is 18.2 Å². The molecule has 1 aliphatic rings. The zero-order chi connectivity index (χ0) is 13.8. The normalized spacial score (nSPS) is 15.3. The molecule has 0 aliphatic heterocycles. The van der Waals surface area contributed by atoms with Crippen molar-refractivity contribution in [2.24, 2.45) is 0 Å². The molecule has 0 saturated heterocycles. The van der Waals surface area contributed by atoms with Gasteiger partial charge in [-0.1, -0.05) is 12.8 Å². The van der Waals surface area contributed by atoms with E-state index in [1.165, 1.54) is 0 Å². The fourth-order valence-electron chi connectivity index (χ4n) is 2.09. The molecule has 0 radical (unpaired) electrons. The number of rotatable bonds is 2. The topological polar surface area (TPSA) is 58.2 Å². The highest BCUT2D eigenvalue weighted by Crippen LogP contribution is 2.18. The van der Waals surface area contributed by atoms with E-state index < -0.39 is 23.4 Å². The lowest BCUT2D eigenvalue weighted by molar-refractivity contribution is -0.136. The summed E-state index contributed by atoms with van der Waals surface area (Å²) in [5.41, 5.74) is -0.341. The fourth-order valence-corrected chi connectivity index (χ4v) is 2.09. The Labute approximate surface area is 109 Å². The molecule has 1 fully saturated rings. The second-order valence-electron chi connectivity index (χ2n) is 4.53. The van der Waals surface area contributed by atoms with E-state index in [0.29, 0.717) is 0 Å². The lowest BCUT2D eigenvalue weighted by Gasteiger charge is -2.11. The van der Waals surface area contributed by atoms with Crippen molar-refractivity contribution in [3.63, 3.8) is 0 Å². The number of halogens is 2. The number of carbonyl (C=O) groups is 2. The Morgan fingerprint density at radius 1 is 1.11 bits per heavy atom. The summed E-state index contributed by atoms with van der Waals surface area (Å²) in [7, 11) is 0. The Hall–Kier alpha value is -1.98. The predicted octanol–water partition coefficient (Wildman–Crippen LogP) is 1.96. The van der Waals surface area contributed by atoms with Gasteiger partial charge in [-0.2, -0.15) is 0 Å². The molecule has 1 aromatic carbocycles. The highest BCUT2D eigenvalue weighted by molar-refractivity contribution is 6.39. The second kappa shape index (κ2) is 5.77. The summed E-state index contributed by atoms with van der Waals surface area (Å²) in [6.07, 6.45) is 3.72. The van der Waals surface area contributed by atoms with Crippen molar-refractivity contribution in [3.05, 3.63) is 29.8 Å². The molecular weight excluding hydrogens is 254 g/mol. The third-order valence-corrected chi connectivity index (χ3v) is 3.07. The van der Waals surface area contributed by atoms with Gasteiger partial charge in [0.15, 0.2) is 0 Å². The average Bonchev–Trinajstić information content (AvgIpc) is 2.86. The number of carbonyl (C=O) groups excluding carboxylic acids is 2. The summed E-state index contributed by atoms with van der Waals surface area (Å²) >= 11 is 0. The van der Waals surface area contributed by atoms with Gasteiger partial charge >= 0.3 is 11.8 Å². The molecule has 0 atom stereocenters. The first-order chi connectivity index (χ1) is 9.06. The Bertz CT molecular complexity index is 499. The molecule has 0 bridgehead atoms.